The summed E-state index contributed by atoms with van der Waals surface area (Å²) in [5.41, 5.74) is 3.48. The van der Waals surface area contributed by atoms with Crippen LogP contribution in [0.25, 0.3) is 11.1 Å². The smallest absolute Gasteiger partial charge is 0.224 e. The van der Waals surface area contributed by atoms with Crippen LogP contribution in [0.4, 0.5) is 16.6 Å². The second-order valence-electron chi connectivity index (χ2n) is 8.55. The Hall–Kier alpha value is -2.97. The van der Waals surface area contributed by atoms with Gasteiger partial charge in [0.05, 0.1) is 17.9 Å². The Morgan fingerprint density at radius 3 is 2.70 bits per heavy atom. The zero-order valence-corrected chi connectivity index (χ0v) is 19.5. The first-order valence-corrected chi connectivity index (χ1v) is 12.4. The molecule has 7 nitrogen and oxygen atoms in total. The van der Waals surface area contributed by atoms with Gasteiger partial charge in [-0.05, 0) is 62.3 Å². The molecule has 1 saturated carbocycles. The predicted octanol–water partition coefficient (Wildman–Crippen LogP) is 5.60. The molecule has 0 aliphatic heterocycles. The van der Waals surface area contributed by atoms with E-state index in [0.717, 1.165) is 64.6 Å². The van der Waals surface area contributed by atoms with Crippen molar-refractivity contribution < 1.29 is 14.6 Å². The van der Waals surface area contributed by atoms with Crippen molar-refractivity contribution >= 4 is 33.9 Å². The van der Waals surface area contributed by atoms with E-state index in [9.17, 15) is 9.90 Å². The van der Waals surface area contributed by atoms with E-state index >= 15 is 0 Å². The summed E-state index contributed by atoms with van der Waals surface area (Å²) in [5.74, 6) is 1.33. The van der Waals surface area contributed by atoms with Crippen molar-refractivity contribution in [1.29, 1.82) is 0 Å². The Balaban J connectivity index is 1.46. The number of pyridine rings is 1. The molecule has 2 aliphatic rings. The number of thiazole rings is 1. The van der Waals surface area contributed by atoms with E-state index in [0.29, 0.717) is 18.0 Å². The summed E-state index contributed by atoms with van der Waals surface area (Å²) in [6.45, 7) is 1.83. The van der Waals surface area contributed by atoms with Gasteiger partial charge in [0.1, 0.15) is 0 Å². The van der Waals surface area contributed by atoms with Crippen molar-refractivity contribution in [3.8, 4) is 16.9 Å². The largest absolute Gasteiger partial charge is 0.486 e. The third kappa shape index (κ3) is 4.72. The minimum absolute atomic E-state index is 0.0107. The first kappa shape index (κ1) is 21.9. The summed E-state index contributed by atoms with van der Waals surface area (Å²) in [5, 5.41) is 17.3. The third-order valence-electron chi connectivity index (χ3n) is 6.19. The standard InChI is InChI=1S/C25H28N4O3S/c1-2-21(31)27-16-11-9-15(10-12-16)18-13-14-26-24(23(18)32-17-5-3-6-17)29-25-28-22-19(30)7-4-8-20(22)33-25/h9-14,17,19,30H,2-8H2,1H3,(H,27,31)(H,26,28,29). The topological polar surface area (TPSA) is 96.4 Å². The summed E-state index contributed by atoms with van der Waals surface area (Å²) in [6, 6.07) is 9.72. The number of amides is 1. The number of fused-ring (bicyclic) bond motifs is 1. The Morgan fingerprint density at radius 2 is 2.00 bits per heavy atom. The molecular formula is C25H28N4O3S. The number of carbonyl (C=O) groups is 1. The van der Waals surface area contributed by atoms with Crippen LogP contribution in [0.3, 0.4) is 0 Å². The van der Waals surface area contributed by atoms with Crippen LogP contribution in [-0.2, 0) is 11.2 Å². The first-order chi connectivity index (χ1) is 16.1. The van der Waals surface area contributed by atoms with E-state index in [-0.39, 0.29) is 12.0 Å². The molecule has 1 aromatic carbocycles. The van der Waals surface area contributed by atoms with Crippen LogP contribution >= 0.6 is 11.3 Å². The number of hydrogen-bond donors (Lipinski definition) is 3. The number of aliphatic hydroxyl groups excluding tert-OH is 1. The molecule has 2 aliphatic carbocycles. The summed E-state index contributed by atoms with van der Waals surface area (Å²) < 4.78 is 6.41. The van der Waals surface area contributed by atoms with Crippen LogP contribution in [0.5, 0.6) is 5.75 Å². The highest BCUT2D eigenvalue weighted by Gasteiger charge is 2.26. The molecule has 33 heavy (non-hydrogen) atoms. The highest BCUT2D eigenvalue weighted by Crippen LogP contribution is 2.41. The Bertz CT molecular complexity index is 1140. The van der Waals surface area contributed by atoms with Gasteiger partial charge in [0, 0.05) is 28.7 Å². The molecule has 0 saturated heterocycles. The SMILES string of the molecule is CCC(=O)Nc1ccc(-c2ccnc(Nc3nc4c(s3)CCCC4O)c2OC2CCC2)cc1. The molecule has 1 atom stereocenters. The summed E-state index contributed by atoms with van der Waals surface area (Å²) in [4.78, 5) is 22.1. The number of aromatic nitrogens is 2. The number of anilines is 3. The number of carbonyl (C=O) groups excluding carboxylic acids is 1. The normalized spacial score (nSPS) is 17.7. The highest BCUT2D eigenvalue weighted by molar-refractivity contribution is 7.15. The van der Waals surface area contributed by atoms with Gasteiger partial charge in [-0.25, -0.2) is 9.97 Å². The van der Waals surface area contributed by atoms with E-state index in [2.05, 4.69) is 20.6 Å². The molecule has 2 heterocycles. The lowest BCUT2D eigenvalue weighted by atomic mass is 9.96. The van der Waals surface area contributed by atoms with Crippen LogP contribution in [-0.4, -0.2) is 27.1 Å². The lowest BCUT2D eigenvalue weighted by molar-refractivity contribution is -0.115. The molecule has 8 heteroatoms. The average molecular weight is 465 g/mol. The molecular weight excluding hydrogens is 436 g/mol. The van der Waals surface area contributed by atoms with Crippen LogP contribution < -0.4 is 15.4 Å². The number of nitrogens with one attached hydrogen (secondary N) is 2. The van der Waals surface area contributed by atoms with Gasteiger partial charge in [-0.3, -0.25) is 4.79 Å². The van der Waals surface area contributed by atoms with E-state index in [1.165, 1.54) is 6.42 Å². The maximum Gasteiger partial charge on any atom is 0.224 e. The lowest BCUT2D eigenvalue weighted by Crippen LogP contribution is -2.25. The zero-order chi connectivity index (χ0) is 22.8. The molecule has 3 N–H and O–H groups in total. The predicted molar refractivity (Wildman–Crippen MR) is 130 cm³/mol. The van der Waals surface area contributed by atoms with E-state index in [4.69, 9.17) is 4.74 Å². The molecule has 2 aromatic heterocycles. The number of nitrogens with zero attached hydrogens (tertiary/aromatic N) is 2. The third-order valence-corrected chi connectivity index (χ3v) is 7.24. The number of aryl methyl sites for hydroxylation is 1. The summed E-state index contributed by atoms with van der Waals surface area (Å²) in [6.07, 6.45) is 7.83. The van der Waals surface area contributed by atoms with Crippen molar-refractivity contribution in [3.63, 3.8) is 0 Å². The number of benzene rings is 1. The van der Waals surface area contributed by atoms with Crippen LogP contribution in [0, 0.1) is 0 Å². The van der Waals surface area contributed by atoms with Gasteiger partial charge in [0.2, 0.25) is 5.91 Å². The van der Waals surface area contributed by atoms with Gasteiger partial charge in [-0.15, -0.1) is 11.3 Å². The van der Waals surface area contributed by atoms with Crippen molar-refractivity contribution in [3.05, 3.63) is 47.1 Å². The number of rotatable bonds is 7. The maximum atomic E-state index is 11.7. The Labute approximate surface area is 197 Å². The number of aliphatic hydroxyl groups is 1. The number of hydrogen-bond acceptors (Lipinski definition) is 7. The Morgan fingerprint density at radius 1 is 1.18 bits per heavy atom. The van der Waals surface area contributed by atoms with E-state index in [1.807, 2.05) is 37.3 Å². The van der Waals surface area contributed by atoms with Gasteiger partial charge in [0.25, 0.3) is 0 Å². The molecule has 0 radical (unpaired) electrons. The maximum absolute atomic E-state index is 11.7. The quantitative estimate of drug-likeness (QED) is 0.421. The molecule has 1 fully saturated rings. The van der Waals surface area contributed by atoms with Crippen molar-refractivity contribution in [2.45, 2.75) is 64.1 Å². The molecule has 3 aromatic rings. The first-order valence-electron chi connectivity index (χ1n) is 11.6. The van der Waals surface area contributed by atoms with Crippen molar-refractivity contribution in [2.24, 2.45) is 0 Å². The molecule has 5 rings (SSSR count). The zero-order valence-electron chi connectivity index (χ0n) is 18.6. The monoisotopic (exact) mass is 464 g/mol. The minimum atomic E-state index is -0.489. The van der Waals surface area contributed by atoms with Crippen molar-refractivity contribution in [1.82, 2.24) is 9.97 Å². The fourth-order valence-electron chi connectivity index (χ4n) is 4.07. The molecule has 0 spiro atoms. The Kier molecular flexibility index (Phi) is 6.28. The second-order valence-corrected chi connectivity index (χ2v) is 9.63. The summed E-state index contributed by atoms with van der Waals surface area (Å²) in [7, 11) is 0. The highest BCUT2D eigenvalue weighted by atomic mass is 32.1. The van der Waals surface area contributed by atoms with Crippen LogP contribution in [0.1, 0.15) is 62.1 Å². The number of ether oxygens (including phenoxy) is 1. The van der Waals surface area contributed by atoms with Gasteiger partial charge >= 0.3 is 0 Å². The lowest BCUT2D eigenvalue weighted by Gasteiger charge is -2.28. The van der Waals surface area contributed by atoms with Gasteiger partial charge in [0.15, 0.2) is 16.7 Å². The molecule has 1 unspecified atom stereocenters. The fourth-order valence-corrected chi connectivity index (χ4v) is 5.13. The van der Waals surface area contributed by atoms with Crippen molar-refractivity contribution in [2.75, 3.05) is 10.6 Å². The minimum Gasteiger partial charge on any atom is -0.486 e. The van der Waals surface area contributed by atoms with Crippen LogP contribution in [0.15, 0.2) is 36.5 Å². The second kappa shape index (κ2) is 9.49. The molecule has 172 valence electrons. The average Bonchev–Trinajstić information content (AvgIpc) is 3.21. The molecule has 1 amide bonds. The van der Waals surface area contributed by atoms with Gasteiger partial charge < -0.3 is 20.5 Å². The van der Waals surface area contributed by atoms with Gasteiger partial charge in [-0.2, -0.15) is 0 Å². The van der Waals surface area contributed by atoms with Gasteiger partial charge in [-0.1, -0.05) is 19.1 Å². The summed E-state index contributed by atoms with van der Waals surface area (Å²) >= 11 is 1.57. The van der Waals surface area contributed by atoms with Crippen LogP contribution in [0.2, 0.25) is 0 Å². The van der Waals surface area contributed by atoms with E-state index in [1.54, 1.807) is 17.5 Å². The fraction of sp³-hybridized carbons (Fsp3) is 0.400. The molecule has 0 bridgehead atoms. The van der Waals surface area contributed by atoms with E-state index < -0.39 is 6.10 Å².